The quantitative estimate of drug-likeness (QED) is 0.718. The van der Waals surface area contributed by atoms with Gasteiger partial charge in [0.2, 0.25) is 0 Å². The summed E-state index contributed by atoms with van der Waals surface area (Å²) in [5, 5.41) is 0.660. The van der Waals surface area contributed by atoms with Crippen molar-refractivity contribution in [2.75, 3.05) is 39.8 Å². The van der Waals surface area contributed by atoms with Gasteiger partial charge in [-0.1, -0.05) is 12.1 Å². The van der Waals surface area contributed by atoms with E-state index in [0.717, 1.165) is 43.0 Å². The zero-order valence-corrected chi connectivity index (χ0v) is 16.9. The van der Waals surface area contributed by atoms with Gasteiger partial charge in [0.1, 0.15) is 11.6 Å². The van der Waals surface area contributed by atoms with Crippen LogP contribution in [-0.2, 0) is 6.42 Å². The van der Waals surface area contributed by atoms with E-state index in [1.807, 2.05) is 24.0 Å². The summed E-state index contributed by atoms with van der Waals surface area (Å²) in [6.07, 6.45) is 0.950. The lowest BCUT2D eigenvalue weighted by Gasteiger charge is -2.34. The van der Waals surface area contributed by atoms with Gasteiger partial charge in [-0.05, 0) is 49.2 Å². The summed E-state index contributed by atoms with van der Waals surface area (Å²) in [7, 11) is 1.68. The lowest BCUT2D eigenvalue weighted by atomic mass is 10.1. The van der Waals surface area contributed by atoms with Gasteiger partial charge < -0.3 is 14.6 Å². The molecule has 1 aromatic heterocycles. The van der Waals surface area contributed by atoms with Gasteiger partial charge in [0.15, 0.2) is 0 Å². The Labute approximate surface area is 170 Å². The fourth-order valence-electron chi connectivity index (χ4n) is 4.02. The number of fused-ring (bicyclic) bond motifs is 1. The molecular formula is C23H26FN3O2. The van der Waals surface area contributed by atoms with E-state index in [0.29, 0.717) is 24.0 Å². The minimum absolute atomic E-state index is 0.0215. The fourth-order valence-corrected chi connectivity index (χ4v) is 4.02. The van der Waals surface area contributed by atoms with Crippen molar-refractivity contribution in [1.82, 2.24) is 14.8 Å². The number of piperazine rings is 1. The number of carbonyl (C=O) groups is 1. The van der Waals surface area contributed by atoms with E-state index in [2.05, 4.69) is 22.0 Å². The molecule has 1 amide bonds. The highest BCUT2D eigenvalue weighted by Gasteiger charge is 2.25. The third-order valence-corrected chi connectivity index (χ3v) is 5.67. The predicted octanol–water partition coefficient (Wildman–Crippen LogP) is 3.62. The number of hydrogen-bond acceptors (Lipinski definition) is 3. The van der Waals surface area contributed by atoms with Crippen LogP contribution in [0.1, 0.15) is 21.6 Å². The number of aromatic nitrogens is 1. The number of rotatable bonds is 5. The lowest BCUT2D eigenvalue weighted by molar-refractivity contribution is 0.0640. The molecule has 6 heteroatoms. The number of nitrogens with zero attached hydrogens (tertiary/aromatic N) is 2. The van der Waals surface area contributed by atoms with Crippen LogP contribution in [0, 0.1) is 12.7 Å². The summed E-state index contributed by atoms with van der Waals surface area (Å²) >= 11 is 0. The Morgan fingerprint density at radius 1 is 1.14 bits per heavy atom. The van der Waals surface area contributed by atoms with Gasteiger partial charge in [0.05, 0.1) is 12.7 Å². The standard InChI is InChI=1S/C23H26FN3O2/c1-16-22(20-15-18(24)6-7-21(20)25-16)23(28)27-12-10-26(11-13-27)9-8-17-4-3-5-19(14-17)29-2/h3-7,14-15,25H,8-13H2,1-2H3. The highest BCUT2D eigenvalue weighted by molar-refractivity contribution is 6.08. The molecular weight excluding hydrogens is 369 g/mol. The first-order chi connectivity index (χ1) is 14.0. The first-order valence-electron chi connectivity index (χ1n) is 9.97. The maximum absolute atomic E-state index is 13.7. The van der Waals surface area contributed by atoms with Gasteiger partial charge in [-0.3, -0.25) is 9.69 Å². The Morgan fingerprint density at radius 3 is 2.69 bits per heavy atom. The summed E-state index contributed by atoms with van der Waals surface area (Å²) in [6, 6.07) is 12.7. The molecule has 152 valence electrons. The van der Waals surface area contributed by atoms with Crippen molar-refractivity contribution < 1.29 is 13.9 Å². The number of hydrogen-bond donors (Lipinski definition) is 1. The molecule has 0 radical (unpaired) electrons. The van der Waals surface area contributed by atoms with Gasteiger partial charge in [-0.25, -0.2) is 4.39 Å². The van der Waals surface area contributed by atoms with Crippen molar-refractivity contribution in [2.24, 2.45) is 0 Å². The molecule has 29 heavy (non-hydrogen) atoms. The molecule has 2 aromatic carbocycles. The molecule has 5 nitrogen and oxygen atoms in total. The smallest absolute Gasteiger partial charge is 0.256 e. The minimum atomic E-state index is -0.326. The molecule has 1 aliphatic rings. The number of ether oxygens (including phenoxy) is 1. The molecule has 0 saturated carbocycles. The number of aryl methyl sites for hydroxylation is 1. The van der Waals surface area contributed by atoms with Crippen LogP contribution < -0.4 is 4.74 Å². The maximum Gasteiger partial charge on any atom is 0.256 e. The minimum Gasteiger partial charge on any atom is -0.497 e. The van der Waals surface area contributed by atoms with Crippen LogP contribution in [0.4, 0.5) is 4.39 Å². The number of halogens is 1. The highest BCUT2D eigenvalue weighted by Crippen LogP contribution is 2.25. The molecule has 0 atom stereocenters. The second-order valence-electron chi connectivity index (χ2n) is 7.55. The van der Waals surface area contributed by atoms with Gasteiger partial charge in [-0.15, -0.1) is 0 Å². The number of nitrogens with one attached hydrogen (secondary N) is 1. The van der Waals surface area contributed by atoms with Crippen molar-refractivity contribution in [3.8, 4) is 5.75 Å². The fraction of sp³-hybridized carbons (Fsp3) is 0.348. The van der Waals surface area contributed by atoms with Gasteiger partial charge >= 0.3 is 0 Å². The lowest BCUT2D eigenvalue weighted by Crippen LogP contribution is -2.49. The van der Waals surface area contributed by atoms with Gasteiger partial charge in [0, 0.05) is 49.3 Å². The molecule has 0 bridgehead atoms. The summed E-state index contributed by atoms with van der Waals surface area (Å²) in [5.41, 5.74) is 3.42. The van der Waals surface area contributed by atoms with Crippen LogP contribution >= 0.6 is 0 Å². The van der Waals surface area contributed by atoms with Crippen molar-refractivity contribution in [2.45, 2.75) is 13.3 Å². The van der Waals surface area contributed by atoms with E-state index in [4.69, 9.17) is 4.74 Å². The van der Waals surface area contributed by atoms with E-state index >= 15 is 0 Å². The number of methoxy groups -OCH3 is 1. The van der Waals surface area contributed by atoms with E-state index in [9.17, 15) is 9.18 Å². The van der Waals surface area contributed by atoms with Crippen LogP contribution in [0.2, 0.25) is 0 Å². The van der Waals surface area contributed by atoms with Crippen LogP contribution in [0.3, 0.4) is 0 Å². The van der Waals surface area contributed by atoms with Crippen molar-refractivity contribution in [3.63, 3.8) is 0 Å². The van der Waals surface area contributed by atoms with Gasteiger partial charge in [-0.2, -0.15) is 0 Å². The summed E-state index contributed by atoms with van der Waals surface area (Å²) in [5.74, 6) is 0.531. The molecule has 1 fully saturated rings. The monoisotopic (exact) mass is 395 g/mol. The third kappa shape index (κ3) is 4.12. The van der Waals surface area contributed by atoms with Crippen molar-refractivity contribution in [3.05, 3.63) is 65.1 Å². The molecule has 1 aliphatic heterocycles. The Bertz CT molecular complexity index is 1020. The summed E-state index contributed by atoms with van der Waals surface area (Å²) < 4.78 is 19.0. The Kier molecular flexibility index (Phi) is 5.53. The number of carbonyl (C=O) groups excluding carboxylic acids is 1. The SMILES string of the molecule is COc1cccc(CCN2CCN(C(=O)c3c(C)[nH]c4ccc(F)cc34)CC2)c1. The maximum atomic E-state index is 13.7. The van der Waals surface area contributed by atoms with Crippen LogP contribution in [0.15, 0.2) is 42.5 Å². The molecule has 0 aliphatic carbocycles. The summed E-state index contributed by atoms with van der Waals surface area (Å²) in [4.78, 5) is 20.6. The molecule has 3 aromatic rings. The average molecular weight is 395 g/mol. The van der Waals surface area contributed by atoms with Crippen molar-refractivity contribution >= 4 is 16.8 Å². The molecule has 1 N–H and O–H groups in total. The molecule has 0 unspecified atom stereocenters. The van der Waals surface area contributed by atoms with E-state index in [-0.39, 0.29) is 11.7 Å². The highest BCUT2D eigenvalue weighted by atomic mass is 19.1. The zero-order chi connectivity index (χ0) is 20.4. The molecule has 0 spiro atoms. The first kappa shape index (κ1) is 19.5. The number of H-pyrrole nitrogens is 1. The van der Waals surface area contributed by atoms with E-state index < -0.39 is 0 Å². The average Bonchev–Trinajstić information content (AvgIpc) is 3.07. The van der Waals surface area contributed by atoms with E-state index in [1.54, 1.807) is 13.2 Å². The molecule has 4 rings (SSSR count). The second-order valence-corrected chi connectivity index (χ2v) is 7.55. The molecule has 2 heterocycles. The van der Waals surface area contributed by atoms with Gasteiger partial charge in [0.25, 0.3) is 5.91 Å². The van der Waals surface area contributed by atoms with Crippen LogP contribution in [0.25, 0.3) is 10.9 Å². The largest absolute Gasteiger partial charge is 0.497 e. The Morgan fingerprint density at radius 2 is 1.93 bits per heavy atom. The normalized spacial score (nSPS) is 15.1. The van der Waals surface area contributed by atoms with Crippen molar-refractivity contribution in [1.29, 1.82) is 0 Å². The number of benzene rings is 2. The molecule has 1 saturated heterocycles. The van der Waals surface area contributed by atoms with E-state index in [1.165, 1.54) is 17.7 Å². The number of amides is 1. The number of aromatic amines is 1. The predicted molar refractivity (Wildman–Crippen MR) is 112 cm³/mol. The van der Waals surface area contributed by atoms with Crippen LogP contribution in [-0.4, -0.2) is 60.5 Å². The summed E-state index contributed by atoms with van der Waals surface area (Å²) in [6.45, 7) is 5.86. The first-order valence-corrected chi connectivity index (χ1v) is 9.97. The Hall–Kier alpha value is -2.86. The zero-order valence-electron chi connectivity index (χ0n) is 16.9. The Balaban J connectivity index is 1.38. The van der Waals surface area contributed by atoms with Crippen LogP contribution in [0.5, 0.6) is 5.75 Å². The second kappa shape index (κ2) is 8.25. The topological polar surface area (TPSA) is 48.6 Å². The third-order valence-electron chi connectivity index (χ3n) is 5.67.